The van der Waals surface area contributed by atoms with Crippen molar-refractivity contribution in [3.8, 4) is 0 Å². The molecule has 1 aromatic heterocycles. The third-order valence-corrected chi connectivity index (χ3v) is 8.52. The molecule has 6 nitrogen and oxygen atoms in total. The van der Waals surface area contributed by atoms with E-state index in [4.69, 9.17) is 4.74 Å². The van der Waals surface area contributed by atoms with Gasteiger partial charge in [-0.2, -0.15) is 13.1 Å². The first kappa shape index (κ1) is 25.5. The van der Waals surface area contributed by atoms with Crippen LogP contribution in [0.4, 0.5) is 8.78 Å². The van der Waals surface area contributed by atoms with Crippen molar-refractivity contribution >= 4 is 10.0 Å². The molecular weight excluding hydrogens is 436 g/mol. The average molecular weight is 474 g/mol. The number of halogens is 2. The van der Waals surface area contributed by atoms with E-state index in [1.807, 2.05) is 13.8 Å². The minimum atomic E-state index is -3.75. The van der Waals surface area contributed by atoms with Crippen LogP contribution in [0.5, 0.6) is 0 Å². The van der Waals surface area contributed by atoms with E-state index in [9.17, 15) is 17.2 Å². The second kappa shape index (κ2) is 9.99. The Bertz CT molecular complexity index is 873. The van der Waals surface area contributed by atoms with E-state index in [1.54, 1.807) is 0 Å². The van der Waals surface area contributed by atoms with Crippen molar-refractivity contribution in [3.63, 3.8) is 0 Å². The highest BCUT2D eigenvalue weighted by Gasteiger charge is 2.48. The van der Waals surface area contributed by atoms with Crippen LogP contribution < -0.4 is 5.32 Å². The fourth-order valence-corrected chi connectivity index (χ4v) is 6.19. The van der Waals surface area contributed by atoms with Crippen LogP contribution in [0.15, 0.2) is 17.0 Å². The van der Waals surface area contributed by atoms with E-state index in [1.165, 1.54) is 10.4 Å². The molecule has 32 heavy (non-hydrogen) atoms. The van der Waals surface area contributed by atoms with Crippen molar-refractivity contribution in [2.75, 3.05) is 32.8 Å². The van der Waals surface area contributed by atoms with Gasteiger partial charge in [0, 0.05) is 57.1 Å². The lowest BCUT2D eigenvalue weighted by Gasteiger charge is -2.49. The van der Waals surface area contributed by atoms with Crippen LogP contribution in [0.1, 0.15) is 77.1 Å². The average Bonchev–Trinajstić information content (AvgIpc) is 3.59. The molecule has 1 N–H and O–H groups in total. The molecule has 3 fully saturated rings. The summed E-state index contributed by atoms with van der Waals surface area (Å²) in [7, 11) is -3.75. The van der Waals surface area contributed by atoms with Gasteiger partial charge < -0.3 is 10.1 Å². The maximum Gasteiger partial charge on any atom is 0.286 e. The quantitative estimate of drug-likeness (QED) is 0.611. The van der Waals surface area contributed by atoms with Crippen molar-refractivity contribution < 1.29 is 21.9 Å². The number of pyridine rings is 1. The van der Waals surface area contributed by atoms with E-state index >= 15 is 0 Å². The fraction of sp³-hybridized carbons (Fsp3) is 0.783. The topological polar surface area (TPSA) is 71.5 Å². The van der Waals surface area contributed by atoms with Crippen LogP contribution in [0, 0.1) is 5.41 Å². The number of ether oxygens (including phenoxy) is 1. The van der Waals surface area contributed by atoms with Gasteiger partial charge in [0.2, 0.25) is 10.0 Å². The summed E-state index contributed by atoms with van der Waals surface area (Å²) in [6.45, 7) is 10.1. The molecule has 3 aliphatic rings. The maximum atomic E-state index is 13.7. The van der Waals surface area contributed by atoms with Crippen LogP contribution in [0.25, 0.3) is 0 Å². The summed E-state index contributed by atoms with van der Waals surface area (Å²) < 4.78 is 60.9. The third-order valence-electron chi connectivity index (χ3n) is 6.68. The molecule has 0 radical (unpaired) electrons. The molecule has 3 heterocycles. The summed E-state index contributed by atoms with van der Waals surface area (Å²) >= 11 is 0. The summed E-state index contributed by atoms with van der Waals surface area (Å²) in [5, 5.41) is 3.59. The Morgan fingerprint density at radius 2 is 1.81 bits per heavy atom. The first-order valence-electron chi connectivity index (χ1n) is 11.9. The molecule has 1 saturated carbocycles. The normalized spacial score (nSPS) is 22.1. The van der Waals surface area contributed by atoms with E-state index < -0.39 is 15.9 Å². The number of aromatic nitrogens is 1. The molecular formula is C23H37F2N3O3S. The number of alkyl halides is 2. The second-order valence-electron chi connectivity index (χ2n) is 9.14. The SMILES string of the molecule is CC.CCC1(CNC2CCOCC2)CN(S(=O)(=O)c2ccc(C(C)(F)F)nc2C2CC2)C1. The van der Waals surface area contributed by atoms with Gasteiger partial charge in [-0.05, 0) is 44.2 Å². The van der Waals surface area contributed by atoms with Crippen LogP contribution >= 0.6 is 0 Å². The zero-order chi connectivity index (χ0) is 23.6. The molecule has 4 rings (SSSR count). The Labute approximate surface area is 191 Å². The lowest BCUT2D eigenvalue weighted by molar-refractivity contribution is 0.0124. The molecule has 0 spiro atoms. The van der Waals surface area contributed by atoms with Crippen LogP contribution in [-0.4, -0.2) is 56.6 Å². The molecule has 0 atom stereocenters. The Morgan fingerprint density at radius 3 is 2.34 bits per heavy atom. The molecule has 0 unspecified atom stereocenters. The fourth-order valence-electron chi connectivity index (χ4n) is 4.31. The van der Waals surface area contributed by atoms with Crippen LogP contribution in [-0.2, 0) is 20.7 Å². The predicted molar refractivity (Wildman–Crippen MR) is 120 cm³/mol. The standard InChI is InChI=1S/C21H31F2N3O3S.C2H6/c1-3-21(12-24-16-8-10-29-11-9-16)13-26(14-21)30(27,28)17-6-7-18(20(2,22)23)25-19(17)15-4-5-15;1-2/h6-7,15-16,24H,3-5,8-14H2,1-2H3;1-2H3. The molecule has 0 aromatic carbocycles. The number of nitrogens with zero attached hydrogens (tertiary/aromatic N) is 2. The molecule has 1 aliphatic carbocycles. The monoisotopic (exact) mass is 473 g/mol. The summed E-state index contributed by atoms with van der Waals surface area (Å²) in [5.41, 5.74) is -0.145. The summed E-state index contributed by atoms with van der Waals surface area (Å²) in [5.74, 6) is -3.12. The molecule has 0 bridgehead atoms. The highest BCUT2D eigenvalue weighted by atomic mass is 32.2. The van der Waals surface area contributed by atoms with Crippen molar-refractivity contribution in [1.29, 1.82) is 0 Å². The predicted octanol–water partition coefficient (Wildman–Crippen LogP) is 4.27. The zero-order valence-electron chi connectivity index (χ0n) is 19.7. The summed E-state index contributed by atoms with van der Waals surface area (Å²) in [6, 6.07) is 2.90. The lowest BCUT2D eigenvalue weighted by atomic mass is 9.79. The number of nitrogens with one attached hydrogen (secondary N) is 1. The van der Waals surface area contributed by atoms with E-state index in [0.29, 0.717) is 24.8 Å². The van der Waals surface area contributed by atoms with Gasteiger partial charge in [0.05, 0.1) is 5.69 Å². The van der Waals surface area contributed by atoms with Gasteiger partial charge in [-0.25, -0.2) is 13.4 Å². The third kappa shape index (κ3) is 5.48. The van der Waals surface area contributed by atoms with E-state index in [2.05, 4.69) is 17.2 Å². The van der Waals surface area contributed by atoms with Crippen molar-refractivity contribution in [2.45, 2.75) is 82.6 Å². The molecule has 9 heteroatoms. The first-order chi connectivity index (χ1) is 15.1. The van der Waals surface area contributed by atoms with Gasteiger partial charge in [0.25, 0.3) is 5.92 Å². The summed E-state index contributed by atoms with van der Waals surface area (Å²) in [4.78, 5) is 4.18. The molecule has 2 aliphatic heterocycles. The van der Waals surface area contributed by atoms with Gasteiger partial charge >= 0.3 is 0 Å². The van der Waals surface area contributed by atoms with Crippen molar-refractivity contribution in [2.24, 2.45) is 5.41 Å². The minimum Gasteiger partial charge on any atom is -0.381 e. The lowest BCUT2D eigenvalue weighted by Crippen LogP contribution is -2.62. The van der Waals surface area contributed by atoms with Gasteiger partial charge in [-0.1, -0.05) is 20.8 Å². The van der Waals surface area contributed by atoms with Gasteiger partial charge in [-0.3, -0.25) is 0 Å². The Balaban J connectivity index is 0.00000141. The highest BCUT2D eigenvalue weighted by Crippen LogP contribution is 2.45. The van der Waals surface area contributed by atoms with Gasteiger partial charge in [0.15, 0.2) is 0 Å². The van der Waals surface area contributed by atoms with Gasteiger partial charge in [-0.15, -0.1) is 0 Å². The number of sulfonamides is 1. The van der Waals surface area contributed by atoms with Crippen molar-refractivity contribution in [1.82, 2.24) is 14.6 Å². The maximum absolute atomic E-state index is 13.7. The number of hydrogen-bond donors (Lipinski definition) is 1. The summed E-state index contributed by atoms with van der Waals surface area (Å²) in [6.07, 6.45) is 4.42. The van der Waals surface area contributed by atoms with Crippen LogP contribution in [0.2, 0.25) is 0 Å². The first-order valence-corrected chi connectivity index (χ1v) is 13.3. The Hall–Kier alpha value is -1.16. The Kier molecular flexibility index (Phi) is 7.95. The van der Waals surface area contributed by atoms with E-state index in [0.717, 1.165) is 64.9 Å². The number of rotatable bonds is 8. The molecule has 1 aromatic rings. The Morgan fingerprint density at radius 1 is 1.19 bits per heavy atom. The van der Waals surface area contributed by atoms with Crippen LogP contribution in [0.3, 0.4) is 0 Å². The number of hydrogen-bond acceptors (Lipinski definition) is 5. The molecule has 2 saturated heterocycles. The second-order valence-corrected chi connectivity index (χ2v) is 11.0. The highest BCUT2D eigenvalue weighted by molar-refractivity contribution is 7.89. The smallest absolute Gasteiger partial charge is 0.286 e. The minimum absolute atomic E-state index is 0.0375. The largest absolute Gasteiger partial charge is 0.381 e. The zero-order valence-corrected chi connectivity index (χ0v) is 20.5. The van der Waals surface area contributed by atoms with Crippen molar-refractivity contribution in [3.05, 3.63) is 23.5 Å². The van der Waals surface area contributed by atoms with Gasteiger partial charge in [0.1, 0.15) is 10.6 Å². The molecule has 0 amide bonds. The van der Waals surface area contributed by atoms with E-state index in [-0.39, 0.29) is 21.9 Å². The molecule has 182 valence electrons.